The van der Waals surface area contributed by atoms with Crippen LogP contribution in [0.15, 0.2) is 6.07 Å². The van der Waals surface area contributed by atoms with E-state index in [1.165, 1.54) is 6.42 Å². The number of nitrogens with zero attached hydrogens (tertiary/aromatic N) is 2. The Hall–Kier alpha value is -1.32. The predicted molar refractivity (Wildman–Crippen MR) is 77.0 cm³/mol. The average molecular weight is 263 g/mol. The van der Waals surface area contributed by atoms with Crippen LogP contribution in [-0.4, -0.2) is 16.1 Å². The van der Waals surface area contributed by atoms with Crippen molar-refractivity contribution >= 4 is 5.82 Å². The van der Waals surface area contributed by atoms with E-state index in [1.807, 2.05) is 6.92 Å². The Morgan fingerprint density at radius 2 is 2.11 bits per heavy atom. The number of anilines is 1. The van der Waals surface area contributed by atoms with Gasteiger partial charge in [0, 0.05) is 12.5 Å². The molecule has 106 valence electrons. The number of nitrogen functional groups attached to an aromatic ring is 1. The van der Waals surface area contributed by atoms with Crippen molar-refractivity contribution in [3.05, 3.63) is 11.9 Å². The Kier molecular flexibility index (Phi) is 3.97. The molecular weight excluding hydrogens is 238 g/mol. The highest BCUT2D eigenvalue weighted by molar-refractivity contribution is 5.33. The van der Waals surface area contributed by atoms with Crippen molar-refractivity contribution in [3.8, 4) is 5.88 Å². The quantitative estimate of drug-likeness (QED) is 0.909. The van der Waals surface area contributed by atoms with Gasteiger partial charge in [0.1, 0.15) is 17.7 Å². The largest absolute Gasteiger partial charge is 0.474 e. The van der Waals surface area contributed by atoms with E-state index in [9.17, 15) is 0 Å². The third-order valence-corrected chi connectivity index (χ3v) is 3.72. The summed E-state index contributed by atoms with van der Waals surface area (Å²) in [5.74, 6) is 2.56. The van der Waals surface area contributed by atoms with Crippen molar-refractivity contribution in [2.75, 3.05) is 5.73 Å². The van der Waals surface area contributed by atoms with Crippen molar-refractivity contribution in [2.24, 2.45) is 11.3 Å². The lowest BCUT2D eigenvalue weighted by molar-refractivity contribution is 0.0531. The van der Waals surface area contributed by atoms with Crippen molar-refractivity contribution < 1.29 is 4.74 Å². The number of hydrogen-bond acceptors (Lipinski definition) is 4. The highest BCUT2D eigenvalue weighted by Crippen LogP contribution is 2.39. The number of hydrogen-bond donors (Lipinski definition) is 1. The lowest BCUT2D eigenvalue weighted by atomic mass is 9.71. The Labute approximate surface area is 115 Å². The Morgan fingerprint density at radius 1 is 1.37 bits per heavy atom. The summed E-state index contributed by atoms with van der Waals surface area (Å²) in [5.41, 5.74) is 6.13. The summed E-state index contributed by atoms with van der Waals surface area (Å²) in [7, 11) is 0. The topological polar surface area (TPSA) is 61.0 Å². The highest BCUT2D eigenvalue weighted by atomic mass is 16.5. The monoisotopic (exact) mass is 263 g/mol. The molecule has 1 saturated carbocycles. The maximum absolute atomic E-state index is 6.05. The normalized spacial score (nSPS) is 26.1. The Bertz CT molecular complexity index is 445. The lowest BCUT2D eigenvalue weighted by Gasteiger charge is -2.38. The van der Waals surface area contributed by atoms with Crippen molar-refractivity contribution in [1.29, 1.82) is 0 Å². The molecule has 0 radical (unpaired) electrons. The fourth-order valence-corrected chi connectivity index (χ4v) is 3.23. The first-order valence-electron chi connectivity index (χ1n) is 7.18. The zero-order chi connectivity index (χ0) is 14.0. The molecule has 1 fully saturated rings. The van der Waals surface area contributed by atoms with E-state index >= 15 is 0 Å². The van der Waals surface area contributed by atoms with Gasteiger partial charge < -0.3 is 10.5 Å². The van der Waals surface area contributed by atoms with Gasteiger partial charge in [0.15, 0.2) is 0 Å². The van der Waals surface area contributed by atoms with Gasteiger partial charge in [-0.25, -0.2) is 4.98 Å². The minimum Gasteiger partial charge on any atom is -0.474 e. The van der Waals surface area contributed by atoms with Crippen LogP contribution in [0.25, 0.3) is 0 Å². The maximum Gasteiger partial charge on any atom is 0.218 e. The summed E-state index contributed by atoms with van der Waals surface area (Å²) in [6.07, 6.45) is 4.43. The van der Waals surface area contributed by atoms with Crippen LogP contribution in [0.3, 0.4) is 0 Å². The van der Waals surface area contributed by atoms with Gasteiger partial charge in [-0.1, -0.05) is 27.7 Å². The molecule has 0 aliphatic heterocycles. The summed E-state index contributed by atoms with van der Waals surface area (Å²) >= 11 is 0. The van der Waals surface area contributed by atoms with Gasteiger partial charge in [-0.2, -0.15) is 4.98 Å². The van der Waals surface area contributed by atoms with Crippen LogP contribution in [-0.2, 0) is 6.42 Å². The predicted octanol–water partition coefficient (Wildman–Crippen LogP) is 3.21. The fourth-order valence-electron chi connectivity index (χ4n) is 3.23. The van der Waals surface area contributed by atoms with Crippen LogP contribution in [0, 0.1) is 11.3 Å². The van der Waals surface area contributed by atoms with E-state index < -0.39 is 0 Å². The average Bonchev–Trinajstić information content (AvgIpc) is 2.24. The molecule has 0 bridgehead atoms. The molecule has 2 N–H and O–H groups in total. The van der Waals surface area contributed by atoms with Crippen LogP contribution in [0.1, 0.15) is 52.8 Å². The Morgan fingerprint density at radius 3 is 2.74 bits per heavy atom. The van der Waals surface area contributed by atoms with Gasteiger partial charge in [0.2, 0.25) is 5.88 Å². The molecule has 1 heterocycles. The zero-order valence-electron chi connectivity index (χ0n) is 12.4. The lowest BCUT2D eigenvalue weighted by Crippen LogP contribution is -2.34. The molecule has 0 amide bonds. The van der Waals surface area contributed by atoms with Crippen LogP contribution >= 0.6 is 0 Å². The second-order valence-corrected chi connectivity index (χ2v) is 6.55. The second kappa shape index (κ2) is 5.35. The molecule has 0 spiro atoms. The number of rotatable bonds is 3. The molecule has 1 aromatic heterocycles. The molecule has 2 atom stereocenters. The van der Waals surface area contributed by atoms with Crippen molar-refractivity contribution in [2.45, 2.75) is 59.5 Å². The standard InChI is InChI=1S/C15H25N3O/c1-5-13-17-12(16)7-14(18-13)19-11-6-10(2)8-15(3,4)9-11/h7,10-11H,5-6,8-9H2,1-4H3,(H2,16,17,18). The van der Waals surface area contributed by atoms with Crippen molar-refractivity contribution in [3.63, 3.8) is 0 Å². The molecule has 0 aromatic carbocycles. The van der Waals surface area contributed by atoms with E-state index in [0.717, 1.165) is 25.1 Å². The van der Waals surface area contributed by atoms with Crippen LogP contribution in [0.2, 0.25) is 0 Å². The fraction of sp³-hybridized carbons (Fsp3) is 0.733. The number of ether oxygens (including phenoxy) is 1. The van der Waals surface area contributed by atoms with E-state index in [-0.39, 0.29) is 6.10 Å². The van der Waals surface area contributed by atoms with E-state index in [4.69, 9.17) is 10.5 Å². The van der Waals surface area contributed by atoms with Gasteiger partial charge in [-0.15, -0.1) is 0 Å². The van der Waals surface area contributed by atoms with E-state index in [1.54, 1.807) is 6.07 Å². The van der Waals surface area contributed by atoms with E-state index in [0.29, 0.717) is 23.0 Å². The summed E-state index contributed by atoms with van der Waals surface area (Å²) in [5, 5.41) is 0. The second-order valence-electron chi connectivity index (χ2n) is 6.55. The van der Waals surface area contributed by atoms with Crippen LogP contribution < -0.4 is 10.5 Å². The van der Waals surface area contributed by atoms with Gasteiger partial charge in [0.25, 0.3) is 0 Å². The SMILES string of the molecule is CCc1nc(N)cc(OC2CC(C)CC(C)(C)C2)n1. The smallest absolute Gasteiger partial charge is 0.218 e. The Balaban J connectivity index is 2.10. The molecule has 2 unspecified atom stereocenters. The minimum atomic E-state index is 0.234. The van der Waals surface area contributed by atoms with E-state index in [2.05, 4.69) is 30.7 Å². The van der Waals surface area contributed by atoms with Crippen molar-refractivity contribution in [1.82, 2.24) is 9.97 Å². The van der Waals surface area contributed by atoms with Gasteiger partial charge in [-0.3, -0.25) is 0 Å². The first kappa shape index (κ1) is 14.1. The number of aromatic nitrogens is 2. The highest BCUT2D eigenvalue weighted by Gasteiger charge is 2.33. The van der Waals surface area contributed by atoms with Gasteiger partial charge >= 0.3 is 0 Å². The maximum atomic E-state index is 6.05. The summed E-state index contributed by atoms with van der Waals surface area (Å²) in [6, 6.07) is 1.73. The summed E-state index contributed by atoms with van der Waals surface area (Å²) < 4.78 is 6.05. The first-order valence-corrected chi connectivity index (χ1v) is 7.18. The molecule has 0 saturated heterocycles. The van der Waals surface area contributed by atoms with Crippen LogP contribution in [0.4, 0.5) is 5.82 Å². The zero-order valence-corrected chi connectivity index (χ0v) is 12.4. The van der Waals surface area contributed by atoms with Gasteiger partial charge in [0.05, 0.1) is 0 Å². The van der Waals surface area contributed by atoms with Crippen LogP contribution in [0.5, 0.6) is 5.88 Å². The van der Waals surface area contributed by atoms with Gasteiger partial charge in [-0.05, 0) is 30.6 Å². The summed E-state index contributed by atoms with van der Waals surface area (Å²) in [6.45, 7) is 8.93. The molecular formula is C15H25N3O. The molecule has 1 aliphatic carbocycles. The number of nitrogens with two attached hydrogens (primary N) is 1. The molecule has 4 heteroatoms. The minimum absolute atomic E-state index is 0.234. The molecule has 4 nitrogen and oxygen atoms in total. The molecule has 19 heavy (non-hydrogen) atoms. The third kappa shape index (κ3) is 3.82. The molecule has 1 aromatic rings. The number of aryl methyl sites for hydroxylation is 1. The molecule has 1 aliphatic rings. The first-order chi connectivity index (χ1) is 8.88. The summed E-state index contributed by atoms with van der Waals surface area (Å²) in [4.78, 5) is 8.58. The molecule has 2 rings (SSSR count). The third-order valence-electron chi connectivity index (χ3n) is 3.72.